The fraction of sp³-hybridized carbons (Fsp3) is 0. The van der Waals surface area contributed by atoms with Gasteiger partial charge in [-0.2, -0.15) is 0 Å². The van der Waals surface area contributed by atoms with Crippen LogP contribution in [0.2, 0.25) is 0 Å². The Morgan fingerprint density at radius 3 is 2.00 bits per heavy atom. The van der Waals surface area contributed by atoms with Crippen LogP contribution in [0.5, 0.6) is 5.75 Å². The van der Waals surface area contributed by atoms with Gasteiger partial charge in [0.1, 0.15) is 5.75 Å². The van der Waals surface area contributed by atoms with Gasteiger partial charge in [-0.15, -0.1) is 0 Å². The Morgan fingerprint density at radius 2 is 1.58 bits per heavy atom. The lowest BCUT2D eigenvalue weighted by Gasteiger charge is -2.04. The molecule has 0 bridgehead atoms. The fourth-order valence-electron chi connectivity index (χ4n) is 0.718. The van der Waals surface area contributed by atoms with E-state index in [1.54, 1.807) is 12.1 Å². The van der Waals surface area contributed by atoms with E-state index < -0.39 is 7.32 Å². The van der Waals surface area contributed by atoms with Gasteiger partial charge in [0.2, 0.25) is 0 Å². The molecule has 1 rings (SSSR count). The maximum absolute atomic E-state index is 8.49. The minimum atomic E-state index is -1.79. The van der Waals surface area contributed by atoms with E-state index in [-0.39, 0.29) is 0 Å². The molecule has 0 atom stereocenters. The zero-order valence-electron chi connectivity index (χ0n) is 5.87. The number of hydrogen-bond acceptors (Lipinski definition) is 3. The van der Waals surface area contributed by atoms with Crippen molar-refractivity contribution in [1.29, 1.82) is 0 Å². The first-order valence-corrected chi connectivity index (χ1v) is 4.65. The maximum Gasteiger partial charge on any atom is 0.707 e. The summed E-state index contributed by atoms with van der Waals surface area (Å²) >= 11 is 6.46. The first-order chi connectivity index (χ1) is 5.58. The Labute approximate surface area is 86.8 Å². The van der Waals surface area contributed by atoms with Gasteiger partial charge in [-0.05, 0) is 18.2 Å². The lowest BCUT2D eigenvalue weighted by atomic mass is 10.2. The third-order valence-electron chi connectivity index (χ3n) is 1.08. The second-order valence-corrected chi connectivity index (χ2v) is 3.88. The van der Waals surface area contributed by atoms with Crippen molar-refractivity contribution in [2.45, 2.75) is 0 Å². The van der Waals surface area contributed by atoms with Crippen LogP contribution in [0.4, 0.5) is 0 Å². The predicted molar refractivity (Wildman–Crippen MR) is 52.7 cm³/mol. The first kappa shape index (κ1) is 10.0. The molecule has 0 aliphatic carbocycles. The lowest BCUT2D eigenvalue weighted by Crippen LogP contribution is -2.20. The van der Waals surface area contributed by atoms with Crippen molar-refractivity contribution in [1.82, 2.24) is 0 Å². The predicted octanol–water partition coefficient (Wildman–Crippen LogP) is 1.56. The van der Waals surface area contributed by atoms with Gasteiger partial charge in [0, 0.05) is 8.95 Å². The van der Waals surface area contributed by atoms with E-state index >= 15 is 0 Å². The van der Waals surface area contributed by atoms with Crippen LogP contribution < -0.4 is 4.65 Å². The van der Waals surface area contributed by atoms with Gasteiger partial charge < -0.3 is 14.7 Å². The topological polar surface area (TPSA) is 49.7 Å². The van der Waals surface area contributed by atoms with Crippen molar-refractivity contribution < 1.29 is 14.7 Å². The molecule has 0 aromatic heterocycles. The van der Waals surface area contributed by atoms with Gasteiger partial charge in [-0.25, -0.2) is 0 Å². The first-order valence-electron chi connectivity index (χ1n) is 3.07. The molecule has 1 aromatic carbocycles. The highest BCUT2D eigenvalue weighted by Gasteiger charge is 2.11. The summed E-state index contributed by atoms with van der Waals surface area (Å²) in [6.07, 6.45) is 0. The smallest absolute Gasteiger partial charge is 0.512 e. The number of rotatable bonds is 2. The summed E-state index contributed by atoms with van der Waals surface area (Å²) in [4.78, 5) is 0. The molecule has 2 N–H and O–H groups in total. The van der Waals surface area contributed by atoms with Gasteiger partial charge >= 0.3 is 7.32 Å². The average Bonchev–Trinajstić information content (AvgIpc) is 1.81. The molecule has 0 heterocycles. The molecule has 6 heteroatoms. The van der Waals surface area contributed by atoms with Crippen LogP contribution in [0.25, 0.3) is 0 Å². The van der Waals surface area contributed by atoms with E-state index in [1.807, 2.05) is 6.07 Å². The molecule has 0 unspecified atom stereocenters. The van der Waals surface area contributed by atoms with Gasteiger partial charge in [-0.3, -0.25) is 0 Å². The molecule has 0 spiro atoms. The molecule has 0 aliphatic heterocycles. The highest BCUT2D eigenvalue weighted by Crippen LogP contribution is 2.24. The molecule has 0 aliphatic rings. The Balaban J connectivity index is 2.85. The monoisotopic (exact) mass is 294 g/mol. The highest BCUT2D eigenvalue weighted by molar-refractivity contribution is 9.11. The van der Waals surface area contributed by atoms with Crippen molar-refractivity contribution in [3.05, 3.63) is 27.1 Å². The van der Waals surface area contributed by atoms with Crippen LogP contribution in [0.15, 0.2) is 27.1 Å². The SMILES string of the molecule is OB(O)Oc1cc(Br)cc(Br)c1. The molecule has 1 aromatic rings. The van der Waals surface area contributed by atoms with E-state index in [0.29, 0.717) is 5.75 Å². The molecule has 0 saturated carbocycles. The normalized spacial score (nSPS) is 9.67. The zero-order valence-corrected chi connectivity index (χ0v) is 9.04. The van der Waals surface area contributed by atoms with E-state index in [0.717, 1.165) is 8.95 Å². The summed E-state index contributed by atoms with van der Waals surface area (Å²) < 4.78 is 6.22. The Bertz CT molecular complexity index is 259. The van der Waals surface area contributed by atoms with Gasteiger partial charge in [-0.1, -0.05) is 31.9 Å². The third-order valence-corrected chi connectivity index (χ3v) is 1.99. The van der Waals surface area contributed by atoms with Gasteiger partial charge in [0.15, 0.2) is 0 Å². The zero-order chi connectivity index (χ0) is 9.14. The van der Waals surface area contributed by atoms with Crippen LogP contribution >= 0.6 is 31.9 Å². The quantitative estimate of drug-likeness (QED) is 0.814. The lowest BCUT2D eigenvalue weighted by molar-refractivity contribution is 0.288. The minimum Gasteiger partial charge on any atom is -0.512 e. The number of hydrogen-bond donors (Lipinski definition) is 2. The molecule has 0 saturated heterocycles. The fourth-order valence-corrected chi connectivity index (χ4v) is 1.97. The van der Waals surface area contributed by atoms with Gasteiger partial charge in [0.05, 0.1) is 0 Å². The second-order valence-electron chi connectivity index (χ2n) is 2.05. The molecule has 3 nitrogen and oxygen atoms in total. The largest absolute Gasteiger partial charge is 0.707 e. The molecule has 0 amide bonds. The van der Waals surface area contributed by atoms with E-state index in [9.17, 15) is 0 Å². The Morgan fingerprint density at radius 1 is 1.08 bits per heavy atom. The third kappa shape index (κ3) is 3.14. The van der Waals surface area contributed by atoms with Crippen LogP contribution in [-0.4, -0.2) is 17.4 Å². The number of halogens is 2. The van der Waals surface area contributed by atoms with E-state index in [4.69, 9.17) is 10.0 Å². The van der Waals surface area contributed by atoms with Crippen molar-refractivity contribution in [3.8, 4) is 5.75 Å². The molecule has 0 fully saturated rings. The van der Waals surface area contributed by atoms with Crippen LogP contribution in [0, 0.1) is 0 Å². The van der Waals surface area contributed by atoms with Crippen molar-refractivity contribution in [3.63, 3.8) is 0 Å². The minimum absolute atomic E-state index is 0.381. The molecule has 0 radical (unpaired) electrons. The van der Waals surface area contributed by atoms with Crippen LogP contribution in [0.3, 0.4) is 0 Å². The summed E-state index contributed by atoms with van der Waals surface area (Å²) in [6, 6.07) is 5.07. The van der Waals surface area contributed by atoms with Gasteiger partial charge in [0.25, 0.3) is 0 Å². The molecule has 12 heavy (non-hydrogen) atoms. The average molecular weight is 296 g/mol. The summed E-state index contributed by atoms with van der Waals surface area (Å²) in [5.41, 5.74) is 0. The standard InChI is InChI=1S/C6H5BBr2O3/c8-4-1-5(9)3-6(2-4)12-7(10)11/h1-3,10-11H. The van der Waals surface area contributed by atoms with Crippen molar-refractivity contribution >= 4 is 39.2 Å². The van der Waals surface area contributed by atoms with Crippen LogP contribution in [0.1, 0.15) is 0 Å². The molecular weight excluding hydrogens is 291 g/mol. The Hall–Kier alpha value is -0.0351. The summed E-state index contributed by atoms with van der Waals surface area (Å²) in [7, 11) is -1.79. The molecular formula is C6H5BBr2O3. The summed E-state index contributed by atoms with van der Waals surface area (Å²) in [5.74, 6) is 0.381. The number of benzene rings is 1. The highest BCUT2D eigenvalue weighted by atomic mass is 79.9. The van der Waals surface area contributed by atoms with Crippen LogP contribution in [-0.2, 0) is 0 Å². The maximum atomic E-state index is 8.49. The van der Waals surface area contributed by atoms with Crippen molar-refractivity contribution in [2.75, 3.05) is 0 Å². The van der Waals surface area contributed by atoms with E-state index in [1.165, 1.54) is 0 Å². The van der Waals surface area contributed by atoms with E-state index in [2.05, 4.69) is 36.5 Å². The molecule has 64 valence electrons. The summed E-state index contributed by atoms with van der Waals surface area (Å²) in [5, 5.41) is 17.0. The second kappa shape index (κ2) is 4.27. The van der Waals surface area contributed by atoms with Crippen molar-refractivity contribution in [2.24, 2.45) is 0 Å². The summed E-state index contributed by atoms with van der Waals surface area (Å²) in [6.45, 7) is 0. The Kier molecular flexibility index (Phi) is 3.58.